The highest BCUT2D eigenvalue weighted by atomic mass is 35.5. The fourth-order valence-corrected chi connectivity index (χ4v) is 4.56. The Morgan fingerprint density at radius 1 is 1.26 bits per heavy atom. The molecular formula is C25H18Cl2N6O. The summed E-state index contributed by atoms with van der Waals surface area (Å²) in [4.78, 5) is 21.6. The summed E-state index contributed by atoms with van der Waals surface area (Å²) in [6, 6.07) is 11.1. The monoisotopic (exact) mass is 488 g/mol. The number of carbonyl (C=O) groups excluding carboxylic acids is 1. The lowest BCUT2D eigenvalue weighted by Gasteiger charge is -2.24. The number of rotatable bonds is 5. The lowest BCUT2D eigenvalue weighted by molar-refractivity contribution is 0.0950. The van der Waals surface area contributed by atoms with Crippen LogP contribution in [0.3, 0.4) is 0 Å². The Labute approximate surface area is 205 Å². The molecule has 7 nitrogen and oxygen atoms in total. The summed E-state index contributed by atoms with van der Waals surface area (Å²) in [5.41, 5.74) is 5.12. The number of fused-ring (bicyclic) bond motifs is 2. The highest BCUT2D eigenvalue weighted by Gasteiger charge is 2.25. The molecule has 3 aromatic rings. The molecule has 1 aliphatic carbocycles. The number of aromatic nitrogens is 3. The van der Waals surface area contributed by atoms with Crippen LogP contribution in [0.5, 0.6) is 0 Å². The maximum atomic E-state index is 12.8. The number of nitriles is 1. The van der Waals surface area contributed by atoms with Crippen molar-refractivity contribution in [1.29, 1.82) is 5.26 Å². The lowest BCUT2D eigenvalue weighted by Crippen LogP contribution is -2.23. The van der Waals surface area contributed by atoms with E-state index in [1.54, 1.807) is 30.6 Å². The first-order valence-electron chi connectivity index (χ1n) is 10.6. The molecule has 0 radical (unpaired) electrons. The van der Waals surface area contributed by atoms with Crippen LogP contribution >= 0.6 is 23.2 Å². The van der Waals surface area contributed by atoms with Gasteiger partial charge in [0.15, 0.2) is 0 Å². The lowest BCUT2D eigenvalue weighted by atomic mass is 9.84. The summed E-state index contributed by atoms with van der Waals surface area (Å²) in [6.07, 6.45) is 8.18. The molecule has 0 bridgehead atoms. The number of amides is 1. The number of halogens is 2. The molecule has 0 saturated carbocycles. The van der Waals surface area contributed by atoms with Gasteiger partial charge in [-0.2, -0.15) is 10.4 Å². The number of dihydropyridines is 1. The van der Waals surface area contributed by atoms with E-state index in [0.29, 0.717) is 34.0 Å². The molecule has 1 aliphatic heterocycles. The summed E-state index contributed by atoms with van der Waals surface area (Å²) in [7, 11) is 0. The van der Waals surface area contributed by atoms with E-state index in [1.807, 2.05) is 24.3 Å². The van der Waals surface area contributed by atoms with Gasteiger partial charge in [-0.25, -0.2) is 0 Å². The Morgan fingerprint density at radius 3 is 3.00 bits per heavy atom. The van der Waals surface area contributed by atoms with E-state index in [9.17, 15) is 10.1 Å². The number of allylic oxidation sites excluding steroid dienone is 5. The molecule has 34 heavy (non-hydrogen) atoms. The molecular weight excluding hydrogens is 471 g/mol. The van der Waals surface area contributed by atoms with Crippen molar-refractivity contribution in [3.63, 3.8) is 0 Å². The molecule has 0 spiro atoms. The number of aromatic amines is 1. The quantitative estimate of drug-likeness (QED) is 0.525. The zero-order chi connectivity index (χ0) is 23.7. The van der Waals surface area contributed by atoms with Crippen molar-refractivity contribution in [2.24, 2.45) is 10.9 Å². The Bertz CT molecular complexity index is 1470. The second kappa shape index (κ2) is 9.26. The first kappa shape index (κ1) is 22.1. The molecule has 168 valence electrons. The zero-order valence-electron chi connectivity index (χ0n) is 17.8. The maximum Gasteiger partial charge on any atom is 0.251 e. The van der Waals surface area contributed by atoms with E-state index < -0.39 is 0 Å². The third-order valence-electron chi connectivity index (χ3n) is 5.77. The summed E-state index contributed by atoms with van der Waals surface area (Å²) in [5.74, 6) is -0.251. The van der Waals surface area contributed by atoms with Gasteiger partial charge in [-0.1, -0.05) is 34.9 Å². The van der Waals surface area contributed by atoms with Crippen LogP contribution in [-0.2, 0) is 13.0 Å². The van der Waals surface area contributed by atoms with Crippen LogP contribution in [0.15, 0.2) is 75.5 Å². The first-order valence-corrected chi connectivity index (χ1v) is 11.4. The van der Waals surface area contributed by atoms with Crippen LogP contribution in [0.25, 0.3) is 10.9 Å². The molecule has 5 rings (SSSR count). The predicted molar refractivity (Wildman–Crippen MR) is 131 cm³/mol. The van der Waals surface area contributed by atoms with Gasteiger partial charge in [-0.15, -0.1) is 0 Å². The molecule has 9 heteroatoms. The molecule has 2 aromatic heterocycles. The third kappa shape index (κ3) is 4.51. The fourth-order valence-electron chi connectivity index (χ4n) is 4.19. The number of pyridine rings is 1. The first-order chi connectivity index (χ1) is 16.5. The van der Waals surface area contributed by atoms with E-state index in [4.69, 9.17) is 23.2 Å². The highest BCUT2D eigenvalue weighted by molar-refractivity contribution is 6.39. The smallest absolute Gasteiger partial charge is 0.251 e. The minimum Gasteiger partial charge on any atom is -0.346 e. The van der Waals surface area contributed by atoms with Crippen LogP contribution in [0, 0.1) is 17.2 Å². The fraction of sp³-hybridized carbons (Fsp3) is 0.160. The average Bonchev–Trinajstić information content (AvgIpc) is 3.23. The normalized spacial score (nSPS) is 17.1. The number of carbonyl (C=O) groups is 1. The van der Waals surface area contributed by atoms with Gasteiger partial charge in [-0.05, 0) is 42.8 Å². The number of nitrogens with zero attached hydrogens (tertiary/aromatic N) is 4. The molecule has 1 amide bonds. The van der Waals surface area contributed by atoms with Crippen LogP contribution in [0.2, 0.25) is 5.02 Å². The van der Waals surface area contributed by atoms with Gasteiger partial charge in [-0.3, -0.25) is 19.9 Å². The van der Waals surface area contributed by atoms with Crippen LogP contribution in [0.4, 0.5) is 0 Å². The largest absolute Gasteiger partial charge is 0.346 e. The van der Waals surface area contributed by atoms with Crippen molar-refractivity contribution in [3.05, 3.63) is 92.5 Å². The van der Waals surface area contributed by atoms with Crippen molar-refractivity contribution < 1.29 is 4.79 Å². The summed E-state index contributed by atoms with van der Waals surface area (Å²) < 4.78 is 0. The second-order valence-electron chi connectivity index (χ2n) is 8.09. The zero-order valence-corrected chi connectivity index (χ0v) is 19.4. The van der Waals surface area contributed by atoms with Crippen LogP contribution in [-0.4, -0.2) is 27.3 Å². The van der Waals surface area contributed by atoms with Crippen LogP contribution in [0.1, 0.15) is 28.2 Å². The molecule has 1 atom stereocenters. The number of hydrogen-bond acceptors (Lipinski definition) is 5. The van der Waals surface area contributed by atoms with E-state index >= 15 is 0 Å². The molecule has 2 aliphatic rings. The van der Waals surface area contributed by atoms with Crippen molar-refractivity contribution in [3.8, 4) is 6.07 Å². The molecule has 2 N–H and O–H groups in total. The predicted octanol–water partition coefficient (Wildman–Crippen LogP) is 5.01. The van der Waals surface area contributed by atoms with Gasteiger partial charge in [0.25, 0.3) is 5.91 Å². The van der Waals surface area contributed by atoms with Crippen molar-refractivity contribution >= 4 is 46.2 Å². The molecule has 0 saturated heterocycles. The number of aliphatic imine (C=N–C) groups is 1. The molecule has 3 heterocycles. The summed E-state index contributed by atoms with van der Waals surface area (Å²) >= 11 is 12.2. The highest BCUT2D eigenvalue weighted by Crippen LogP contribution is 2.35. The van der Waals surface area contributed by atoms with Gasteiger partial charge < -0.3 is 5.32 Å². The van der Waals surface area contributed by atoms with Crippen LogP contribution < -0.4 is 5.32 Å². The van der Waals surface area contributed by atoms with Gasteiger partial charge in [0.1, 0.15) is 6.07 Å². The molecule has 1 aromatic carbocycles. The SMILES string of the molecule is N#CC1=C2N=CC(Cl)=CC2CC(Cc2cc(C(=O)NCc3[nH]nc4ccc(Cl)cc34)ccn2)=C1. The minimum absolute atomic E-state index is 0.0311. The van der Waals surface area contributed by atoms with Crippen molar-refractivity contribution in [1.82, 2.24) is 20.5 Å². The van der Waals surface area contributed by atoms with Crippen molar-refractivity contribution in [2.75, 3.05) is 0 Å². The maximum absolute atomic E-state index is 12.8. The Balaban J connectivity index is 1.30. The molecule has 0 fully saturated rings. The summed E-state index contributed by atoms with van der Waals surface area (Å²) in [6.45, 7) is 0.285. The second-order valence-corrected chi connectivity index (χ2v) is 8.97. The standard InChI is InChI=1S/C25H18Cl2N6O/c26-18-1-2-22-21(10-18)23(33-32-22)13-31-25(34)15-3-4-29-20(9-15)7-14-5-16-8-19(27)12-30-24(16)17(6-14)11-28/h1-4,6,8-10,12,16H,5,7,13H2,(H,31,34)(H,32,33). The van der Waals surface area contributed by atoms with Gasteiger partial charge >= 0.3 is 0 Å². The number of nitrogens with one attached hydrogen (secondary N) is 2. The average molecular weight is 489 g/mol. The van der Waals surface area contributed by atoms with E-state index in [0.717, 1.165) is 33.6 Å². The van der Waals surface area contributed by atoms with E-state index in [2.05, 4.69) is 31.6 Å². The van der Waals surface area contributed by atoms with Gasteiger partial charge in [0.05, 0.1) is 34.1 Å². The van der Waals surface area contributed by atoms with Gasteiger partial charge in [0, 0.05) is 46.4 Å². The third-order valence-corrected chi connectivity index (χ3v) is 6.23. The minimum atomic E-state index is -0.220. The van der Waals surface area contributed by atoms with Gasteiger partial charge in [0.2, 0.25) is 0 Å². The van der Waals surface area contributed by atoms with E-state index in [-0.39, 0.29) is 18.4 Å². The number of hydrogen-bond donors (Lipinski definition) is 2. The van der Waals surface area contributed by atoms with Crippen molar-refractivity contribution in [2.45, 2.75) is 19.4 Å². The van der Waals surface area contributed by atoms with E-state index in [1.165, 1.54) is 0 Å². The Hall–Kier alpha value is -3.73. The molecule has 1 unspecified atom stereocenters. The summed E-state index contributed by atoms with van der Waals surface area (Å²) in [5, 5.41) is 21.7. The number of benzene rings is 1. The Morgan fingerprint density at radius 2 is 2.15 bits per heavy atom. The topological polar surface area (TPSA) is 107 Å². The number of H-pyrrole nitrogens is 1. The Kier molecular flexibility index (Phi) is 6.01.